The number of benzene rings is 1. The van der Waals surface area contributed by atoms with E-state index in [1.807, 2.05) is 12.4 Å². The van der Waals surface area contributed by atoms with Gasteiger partial charge >= 0.3 is 0 Å². The van der Waals surface area contributed by atoms with Gasteiger partial charge in [0.1, 0.15) is 18.2 Å². The standard InChI is InChI=1S/C24H32FN3O2.ClH/c25-21-5-3-20(4-6-21)17-29-13-9-19-7-11-28(12-8-19)23-14-24(16-26-15-23)30-18-22-2-1-10-27-22;/h3-6,14-16,19,22,27H,1-2,7-13,17-18H2;1H/t22-;/m0./s1. The van der Waals surface area contributed by atoms with Crippen LogP contribution < -0.4 is 15.0 Å². The first kappa shape index (κ1) is 23.8. The highest BCUT2D eigenvalue weighted by molar-refractivity contribution is 5.85. The van der Waals surface area contributed by atoms with E-state index in [2.05, 4.69) is 21.3 Å². The van der Waals surface area contributed by atoms with Crippen LogP contribution in [-0.4, -0.2) is 43.9 Å². The van der Waals surface area contributed by atoms with Crippen molar-refractivity contribution in [3.8, 4) is 5.75 Å². The van der Waals surface area contributed by atoms with Gasteiger partial charge in [0.05, 0.1) is 24.7 Å². The van der Waals surface area contributed by atoms with Crippen molar-refractivity contribution in [2.75, 3.05) is 37.7 Å². The molecular weight excluding hydrogens is 417 g/mol. The molecule has 3 heterocycles. The molecule has 0 unspecified atom stereocenters. The molecule has 2 aromatic rings. The van der Waals surface area contributed by atoms with Crippen LogP contribution in [0.1, 0.15) is 37.7 Å². The van der Waals surface area contributed by atoms with Crippen molar-refractivity contribution in [3.05, 3.63) is 54.1 Å². The van der Waals surface area contributed by atoms with Gasteiger partial charge in [-0.1, -0.05) is 12.1 Å². The molecule has 2 aliphatic rings. The molecule has 5 nitrogen and oxygen atoms in total. The second kappa shape index (κ2) is 12.2. The summed E-state index contributed by atoms with van der Waals surface area (Å²) in [6.45, 7) is 5.19. The molecule has 0 saturated carbocycles. The van der Waals surface area contributed by atoms with Crippen LogP contribution >= 0.6 is 12.4 Å². The van der Waals surface area contributed by atoms with Gasteiger partial charge in [0.2, 0.25) is 0 Å². The van der Waals surface area contributed by atoms with Crippen LogP contribution in [0, 0.1) is 11.7 Å². The molecule has 0 radical (unpaired) electrons. The summed E-state index contributed by atoms with van der Waals surface area (Å²) in [5.41, 5.74) is 2.17. The third-order valence-electron chi connectivity index (χ3n) is 6.14. The van der Waals surface area contributed by atoms with Crippen LogP contribution in [0.2, 0.25) is 0 Å². The maximum atomic E-state index is 12.9. The fraction of sp³-hybridized carbons (Fsp3) is 0.542. The molecular formula is C24H33ClFN3O2. The lowest BCUT2D eigenvalue weighted by Crippen LogP contribution is -2.34. The number of hydrogen-bond donors (Lipinski definition) is 1. The molecule has 31 heavy (non-hydrogen) atoms. The Balaban J connectivity index is 0.00000272. The Bertz CT molecular complexity index is 779. The van der Waals surface area contributed by atoms with Gasteiger partial charge in [0.15, 0.2) is 0 Å². The van der Waals surface area contributed by atoms with Gasteiger partial charge in [-0.05, 0) is 62.3 Å². The molecule has 0 bridgehead atoms. The molecule has 0 spiro atoms. The third kappa shape index (κ3) is 7.34. The number of nitrogens with zero attached hydrogens (tertiary/aromatic N) is 2. The molecule has 1 aromatic heterocycles. The van der Waals surface area contributed by atoms with Gasteiger partial charge in [0.25, 0.3) is 0 Å². The normalized spacial score (nSPS) is 19.3. The topological polar surface area (TPSA) is 46.6 Å². The van der Waals surface area contributed by atoms with Crippen LogP contribution in [0.3, 0.4) is 0 Å². The SMILES string of the molecule is Cl.Fc1ccc(COCCC2CCN(c3cncc(OC[C@@H]4CCCN4)c3)CC2)cc1. The lowest BCUT2D eigenvalue weighted by atomic mass is 9.94. The van der Waals surface area contributed by atoms with E-state index in [0.29, 0.717) is 25.2 Å². The van der Waals surface area contributed by atoms with Crippen LogP contribution in [0.15, 0.2) is 42.7 Å². The highest BCUT2D eigenvalue weighted by Crippen LogP contribution is 2.27. The number of nitrogens with one attached hydrogen (secondary N) is 1. The second-order valence-corrected chi connectivity index (χ2v) is 8.38. The zero-order chi connectivity index (χ0) is 20.6. The molecule has 0 aliphatic carbocycles. The summed E-state index contributed by atoms with van der Waals surface area (Å²) in [4.78, 5) is 6.79. The van der Waals surface area contributed by atoms with Gasteiger partial charge in [0, 0.05) is 31.8 Å². The largest absolute Gasteiger partial charge is 0.490 e. The third-order valence-corrected chi connectivity index (χ3v) is 6.14. The second-order valence-electron chi connectivity index (χ2n) is 8.38. The van der Waals surface area contributed by atoms with E-state index < -0.39 is 0 Å². The summed E-state index contributed by atoms with van der Waals surface area (Å²) < 4.78 is 24.7. The first-order valence-corrected chi connectivity index (χ1v) is 11.1. The number of piperidine rings is 1. The minimum Gasteiger partial charge on any atom is -0.490 e. The van der Waals surface area contributed by atoms with Crippen LogP contribution in [-0.2, 0) is 11.3 Å². The van der Waals surface area contributed by atoms with Crippen molar-refractivity contribution >= 4 is 18.1 Å². The summed E-state index contributed by atoms with van der Waals surface area (Å²) in [5.74, 6) is 1.34. The van der Waals surface area contributed by atoms with Crippen LogP contribution in [0.5, 0.6) is 5.75 Å². The summed E-state index contributed by atoms with van der Waals surface area (Å²) in [5, 5.41) is 3.46. The first-order valence-electron chi connectivity index (χ1n) is 11.1. The zero-order valence-corrected chi connectivity index (χ0v) is 18.8. The van der Waals surface area contributed by atoms with Crippen molar-refractivity contribution in [1.82, 2.24) is 10.3 Å². The number of aromatic nitrogens is 1. The molecule has 1 N–H and O–H groups in total. The summed E-state index contributed by atoms with van der Waals surface area (Å²) >= 11 is 0. The number of ether oxygens (including phenoxy) is 2. The molecule has 170 valence electrons. The Morgan fingerprint density at radius 2 is 1.90 bits per heavy atom. The van der Waals surface area contributed by atoms with Gasteiger partial charge in [-0.25, -0.2) is 4.39 Å². The Morgan fingerprint density at radius 3 is 2.65 bits per heavy atom. The van der Waals surface area contributed by atoms with E-state index in [4.69, 9.17) is 9.47 Å². The first-order chi connectivity index (χ1) is 14.8. The van der Waals surface area contributed by atoms with E-state index in [1.165, 1.54) is 25.0 Å². The van der Waals surface area contributed by atoms with Crippen molar-refractivity contribution in [3.63, 3.8) is 0 Å². The van der Waals surface area contributed by atoms with Gasteiger partial charge < -0.3 is 19.7 Å². The Hall–Kier alpha value is -1.89. The molecule has 7 heteroatoms. The number of hydrogen-bond acceptors (Lipinski definition) is 5. The Kier molecular flexibility index (Phi) is 9.37. The predicted octanol–water partition coefficient (Wildman–Crippen LogP) is 4.60. The van der Waals surface area contributed by atoms with Crippen molar-refractivity contribution in [1.29, 1.82) is 0 Å². The molecule has 1 aromatic carbocycles. The number of pyridine rings is 1. The maximum Gasteiger partial charge on any atom is 0.139 e. The number of halogens is 2. The lowest BCUT2D eigenvalue weighted by molar-refractivity contribution is 0.104. The molecule has 2 fully saturated rings. The van der Waals surface area contributed by atoms with Gasteiger partial charge in [-0.2, -0.15) is 0 Å². The smallest absolute Gasteiger partial charge is 0.139 e. The molecule has 2 saturated heterocycles. The highest BCUT2D eigenvalue weighted by Gasteiger charge is 2.20. The van der Waals surface area contributed by atoms with E-state index in [1.54, 1.807) is 12.1 Å². The monoisotopic (exact) mass is 449 g/mol. The quantitative estimate of drug-likeness (QED) is 0.567. The average Bonchev–Trinajstić information content (AvgIpc) is 3.31. The number of anilines is 1. The summed E-state index contributed by atoms with van der Waals surface area (Å²) in [6.07, 6.45) is 9.57. The van der Waals surface area contributed by atoms with Gasteiger partial charge in [-0.3, -0.25) is 4.98 Å². The fourth-order valence-corrected chi connectivity index (χ4v) is 4.26. The molecule has 4 rings (SSSR count). The highest BCUT2D eigenvalue weighted by atomic mass is 35.5. The van der Waals surface area contributed by atoms with E-state index >= 15 is 0 Å². The minimum absolute atomic E-state index is 0. The molecule has 1 atom stereocenters. The lowest BCUT2D eigenvalue weighted by Gasteiger charge is -2.33. The predicted molar refractivity (Wildman–Crippen MR) is 124 cm³/mol. The minimum atomic E-state index is -0.205. The van der Waals surface area contributed by atoms with E-state index in [0.717, 1.165) is 62.5 Å². The van der Waals surface area contributed by atoms with Gasteiger partial charge in [-0.15, -0.1) is 12.4 Å². The van der Waals surface area contributed by atoms with E-state index in [9.17, 15) is 4.39 Å². The fourth-order valence-electron chi connectivity index (χ4n) is 4.26. The summed E-state index contributed by atoms with van der Waals surface area (Å²) in [6, 6.07) is 9.11. The summed E-state index contributed by atoms with van der Waals surface area (Å²) in [7, 11) is 0. The Labute approximate surface area is 190 Å². The van der Waals surface area contributed by atoms with Crippen LogP contribution in [0.4, 0.5) is 10.1 Å². The Morgan fingerprint density at radius 1 is 1.10 bits per heavy atom. The van der Waals surface area contributed by atoms with Crippen molar-refractivity contribution in [2.24, 2.45) is 5.92 Å². The zero-order valence-electron chi connectivity index (χ0n) is 18.0. The maximum absolute atomic E-state index is 12.9. The van der Waals surface area contributed by atoms with Crippen LogP contribution in [0.25, 0.3) is 0 Å². The van der Waals surface area contributed by atoms with E-state index in [-0.39, 0.29) is 18.2 Å². The molecule has 2 aliphatic heterocycles. The molecule has 0 amide bonds. The van der Waals surface area contributed by atoms with Crippen molar-refractivity contribution < 1.29 is 13.9 Å². The van der Waals surface area contributed by atoms with Crippen molar-refractivity contribution in [2.45, 2.75) is 44.8 Å². The average molecular weight is 450 g/mol. The number of rotatable bonds is 9.